The molecule has 0 amide bonds. The zero-order valence-electron chi connectivity index (χ0n) is 10.2. The third kappa shape index (κ3) is 2.74. The smallest absolute Gasteiger partial charge is 0.279 e. The second-order valence-corrected chi connectivity index (χ2v) is 6.29. The van der Waals surface area contributed by atoms with E-state index in [0.29, 0.717) is 13.1 Å². The van der Waals surface area contributed by atoms with Crippen LogP contribution in [0.15, 0.2) is 0 Å². The molecular formula is C10H23N3O2S. The van der Waals surface area contributed by atoms with E-state index in [1.165, 1.54) is 4.31 Å². The fourth-order valence-electron chi connectivity index (χ4n) is 2.26. The van der Waals surface area contributed by atoms with Crippen molar-refractivity contribution in [1.82, 2.24) is 9.03 Å². The number of nitrogens with zero attached hydrogens (tertiary/aromatic N) is 1. The topological polar surface area (TPSA) is 75.4 Å². The average molecular weight is 249 g/mol. The van der Waals surface area contributed by atoms with Crippen molar-refractivity contribution >= 4 is 10.2 Å². The molecule has 0 saturated heterocycles. The van der Waals surface area contributed by atoms with Gasteiger partial charge in [-0.05, 0) is 19.3 Å². The molecule has 0 heterocycles. The molecule has 96 valence electrons. The molecule has 0 aromatic carbocycles. The molecule has 1 fully saturated rings. The minimum absolute atomic E-state index is 0.362. The maximum Gasteiger partial charge on any atom is 0.279 e. The summed E-state index contributed by atoms with van der Waals surface area (Å²) in [6, 6.07) is 0. The summed E-state index contributed by atoms with van der Waals surface area (Å²) in [7, 11) is -1.74. The second-order valence-electron chi connectivity index (χ2n) is 4.50. The van der Waals surface area contributed by atoms with E-state index in [4.69, 9.17) is 5.73 Å². The van der Waals surface area contributed by atoms with E-state index in [1.54, 1.807) is 7.05 Å². The number of rotatable bonds is 6. The van der Waals surface area contributed by atoms with Gasteiger partial charge in [0.2, 0.25) is 0 Å². The van der Waals surface area contributed by atoms with Crippen LogP contribution >= 0.6 is 0 Å². The van der Waals surface area contributed by atoms with Crippen molar-refractivity contribution in [3.05, 3.63) is 0 Å². The zero-order chi connectivity index (χ0) is 12.2. The van der Waals surface area contributed by atoms with Crippen molar-refractivity contribution in [1.29, 1.82) is 0 Å². The third-order valence-electron chi connectivity index (χ3n) is 3.48. The SMILES string of the molecule is CCCNS(=O)(=O)N(C)C1(CN)CCCC1. The highest BCUT2D eigenvalue weighted by atomic mass is 32.2. The Morgan fingerprint density at radius 3 is 2.38 bits per heavy atom. The highest BCUT2D eigenvalue weighted by Crippen LogP contribution is 2.34. The molecule has 1 aliphatic carbocycles. The van der Waals surface area contributed by atoms with Gasteiger partial charge in [0, 0.05) is 25.7 Å². The van der Waals surface area contributed by atoms with Crippen LogP contribution in [0.2, 0.25) is 0 Å². The molecule has 0 spiro atoms. The molecule has 0 aromatic heterocycles. The third-order valence-corrected chi connectivity index (χ3v) is 5.15. The van der Waals surface area contributed by atoms with Crippen molar-refractivity contribution in [2.45, 2.75) is 44.6 Å². The van der Waals surface area contributed by atoms with Crippen molar-refractivity contribution in [3.8, 4) is 0 Å². The summed E-state index contributed by atoms with van der Waals surface area (Å²) in [5.41, 5.74) is 5.40. The van der Waals surface area contributed by atoms with Gasteiger partial charge in [-0.3, -0.25) is 0 Å². The summed E-state index contributed by atoms with van der Waals surface area (Å²) in [5.74, 6) is 0. The van der Waals surface area contributed by atoms with Gasteiger partial charge in [0.1, 0.15) is 0 Å². The van der Waals surface area contributed by atoms with Gasteiger partial charge >= 0.3 is 0 Å². The first-order chi connectivity index (χ1) is 7.48. The maximum atomic E-state index is 12.0. The molecule has 6 heteroatoms. The van der Waals surface area contributed by atoms with Gasteiger partial charge in [-0.2, -0.15) is 12.7 Å². The normalized spacial score (nSPS) is 20.5. The van der Waals surface area contributed by atoms with Crippen LogP contribution in [0.4, 0.5) is 0 Å². The van der Waals surface area contributed by atoms with Gasteiger partial charge in [-0.25, -0.2) is 4.72 Å². The number of hydrogen-bond donors (Lipinski definition) is 2. The van der Waals surface area contributed by atoms with Crippen LogP contribution < -0.4 is 10.5 Å². The van der Waals surface area contributed by atoms with Gasteiger partial charge < -0.3 is 5.73 Å². The molecule has 0 aliphatic heterocycles. The summed E-state index contributed by atoms with van der Waals surface area (Å²) in [6.07, 6.45) is 4.65. The lowest BCUT2D eigenvalue weighted by atomic mass is 9.98. The van der Waals surface area contributed by atoms with Crippen LogP contribution in [0.5, 0.6) is 0 Å². The van der Waals surface area contributed by atoms with Crippen LogP contribution in [0.25, 0.3) is 0 Å². The summed E-state index contributed by atoms with van der Waals surface area (Å²) >= 11 is 0. The van der Waals surface area contributed by atoms with E-state index in [0.717, 1.165) is 32.1 Å². The van der Waals surface area contributed by atoms with E-state index in [-0.39, 0.29) is 5.54 Å². The standard InChI is InChI=1S/C10H23N3O2S/c1-3-8-12-16(14,15)13(2)10(9-11)6-4-5-7-10/h12H,3-9,11H2,1-2H3. The van der Waals surface area contributed by atoms with Crippen molar-refractivity contribution in [2.75, 3.05) is 20.1 Å². The van der Waals surface area contributed by atoms with Crippen LogP contribution in [-0.4, -0.2) is 38.4 Å². The Morgan fingerprint density at radius 1 is 1.38 bits per heavy atom. The number of hydrogen-bond acceptors (Lipinski definition) is 3. The molecule has 3 N–H and O–H groups in total. The van der Waals surface area contributed by atoms with Crippen LogP contribution in [-0.2, 0) is 10.2 Å². The van der Waals surface area contributed by atoms with E-state index in [9.17, 15) is 8.42 Å². The molecule has 0 unspecified atom stereocenters. The summed E-state index contributed by atoms with van der Waals surface area (Å²) in [5, 5.41) is 0. The first-order valence-corrected chi connectivity index (χ1v) is 7.36. The quantitative estimate of drug-likeness (QED) is 0.717. The Hall–Kier alpha value is -0.170. The Bertz CT molecular complexity index is 310. The van der Waals surface area contributed by atoms with Gasteiger partial charge in [-0.1, -0.05) is 19.8 Å². The first-order valence-electron chi connectivity index (χ1n) is 5.92. The van der Waals surface area contributed by atoms with E-state index < -0.39 is 10.2 Å². The fourth-order valence-corrected chi connectivity index (χ4v) is 3.69. The molecule has 0 bridgehead atoms. The van der Waals surface area contributed by atoms with Gasteiger partial charge in [0.25, 0.3) is 10.2 Å². The molecule has 16 heavy (non-hydrogen) atoms. The summed E-state index contributed by atoms with van der Waals surface area (Å²) in [6.45, 7) is 2.82. The lowest BCUT2D eigenvalue weighted by Gasteiger charge is -2.36. The Labute approximate surface area is 98.6 Å². The van der Waals surface area contributed by atoms with Crippen LogP contribution in [0.1, 0.15) is 39.0 Å². The largest absolute Gasteiger partial charge is 0.329 e. The molecule has 1 aliphatic rings. The highest BCUT2D eigenvalue weighted by Gasteiger charge is 2.41. The minimum atomic E-state index is -3.37. The molecule has 5 nitrogen and oxygen atoms in total. The Morgan fingerprint density at radius 2 is 1.94 bits per heavy atom. The van der Waals surface area contributed by atoms with Crippen LogP contribution in [0, 0.1) is 0 Å². The lowest BCUT2D eigenvalue weighted by Crippen LogP contribution is -2.55. The van der Waals surface area contributed by atoms with E-state index in [2.05, 4.69) is 4.72 Å². The molecule has 0 radical (unpaired) electrons. The van der Waals surface area contributed by atoms with Crippen LogP contribution in [0.3, 0.4) is 0 Å². The van der Waals surface area contributed by atoms with Crippen molar-refractivity contribution in [3.63, 3.8) is 0 Å². The van der Waals surface area contributed by atoms with Gasteiger partial charge in [0.15, 0.2) is 0 Å². The van der Waals surface area contributed by atoms with Crippen molar-refractivity contribution in [2.24, 2.45) is 5.73 Å². The first kappa shape index (κ1) is 13.9. The average Bonchev–Trinajstić information content (AvgIpc) is 2.75. The molecule has 0 atom stereocenters. The lowest BCUT2D eigenvalue weighted by molar-refractivity contribution is 0.228. The minimum Gasteiger partial charge on any atom is -0.329 e. The Balaban J connectivity index is 2.78. The van der Waals surface area contributed by atoms with Crippen molar-refractivity contribution < 1.29 is 8.42 Å². The second kappa shape index (κ2) is 5.44. The summed E-state index contributed by atoms with van der Waals surface area (Å²) in [4.78, 5) is 0. The van der Waals surface area contributed by atoms with E-state index in [1.807, 2.05) is 6.92 Å². The zero-order valence-corrected chi connectivity index (χ0v) is 11.0. The summed E-state index contributed by atoms with van der Waals surface area (Å²) < 4.78 is 28.0. The van der Waals surface area contributed by atoms with Gasteiger partial charge in [0.05, 0.1) is 0 Å². The van der Waals surface area contributed by atoms with Gasteiger partial charge in [-0.15, -0.1) is 0 Å². The molecular weight excluding hydrogens is 226 g/mol. The predicted molar refractivity (Wildman–Crippen MR) is 65.2 cm³/mol. The number of nitrogens with one attached hydrogen (secondary N) is 1. The molecule has 0 aromatic rings. The molecule has 1 saturated carbocycles. The highest BCUT2D eigenvalue weighted by molar-refractivity contribution is 7.87. The monoisotopic (exact) mass is 249 g/mol. The Kier molecular flexibility index (Phi) is 4.73. The predicted octanol–water partition coefficient (Wildman–Crippen LogP) is 0.434. The van der Waals surface area contributed by atoms with E-state index >= 15 is 0 Å². The molecule has 1 rings (SSSR count). The fraction of sp³-hybridized carbons (Fsp3) is 1.00. The number of nitrogens with two attached hydrogens (primary N) is 1. The maximum absolute atomic E-state index is 12.0. The number of likely N-dealkylation sites (N-methyl/N-ethyl adjacent to an activating group) is 1.